The second-order valence-electron chi connectivity index (χ2n) is 3.62. The van der Waals surface area contributed by atoms with E-state index in [1.165, 1.54) is 0 Å². The molecule has 0 aliphatic heterocycles. The first-order chi connectivity index (χ1) is 7.60. The summed E-state index contributed by atoms with van der Waals surface area (Å²) in [6.45, 7) is 5.00. The van der Waals surface area contributed by atoms with Crippen LogP contribution in [0.5, 0.6) is 0 Å². The van der Waals surface area contributed by atoms with Crippen molar-refractivity contribution in [1.29, 1.82) is 0 Å². The summed E-state index contributed by atoms with van der Waals surface area (Å²) in [5, 5.41) is 4.87. The topological polar surface area (TPSA) is 44.1 Å². The molecule has 0 aliphatic rings. The molecule has 0 bridgehead atoms. The molecule has 0 unspecified atom stereocenters. The average molecular weight is 245 g/mol. The zero-order valence-corrected chi connectivity index (χ0v) is 10.7. The van der Waals surface area contributed by atoms with Gasteiger partial charge in [0.2, 0.25) is 0 Å². The number of methoxy groups -OCH3 is 1. The minimum Gasteiger partial charge on any atom is -0.384 e. The number of nitrogens with zero attached hydrogens (tertiary/aromatic N) is 2. The van der Waals surface area contributed by atoms with E-state index in [0.717, 1.165) is 17.9 Å². The maximum absolute atomic E-state index is 11.6. The summed E-state index contributed by atoms with van der Waals surface area (Å²) in [6, 6.07) is 0. The first-order valence-corrected chi connectivity index (χ1v) is 5.70. The van der Waals surface area contributed by atoms with Gasteiger partial charge in [0.05, 0.1) is 23.0 Å². The van der Waals surface area contributed by atoms with Crippen molar-refractivity contribution < 1.29 is 9.53 Å². The van der Waals surface area contributed by atoms with Crippen LogP contribution in [-0.4, -0.2) is 29.3 Å². The number of carbonyl (C=O) groups is 1. The number of carbonyl (C=O) groups excluding carboxylic acids is 1. The smallest absolute Gasteiger partial charge is 0.141 e. The third-order valence-corrected chi connectivity index (χ3v) is 2.89. The van der Waals surface area contributed by atoms with Gasteiger partial charge in [0.15, 0.2) is 0 Å². The Kier molecular flexibility index (Phi) is 4.96. The molecule has 0 saturated carbocycles. The molecule has 0 amide bonds. The van der Waals surface area contributed by atoms with Gasteiger partial charge < -0.3 is 4.74 Å². The van der Waals surface area contributed by atoms with Gasteiger partial charge in [-0.3, -0.25) is 9.48 Å². The zero-order chi connectivity index (χ0) is 12.1. The van der Waals surface area contributed by atoms with Crippen LogP contribution in [0, 0.1) is 6.92 Å². The Balaban J connectivity index is 2.75. The highest BCUT2D eigenvalue weighted by atomic mass is 35.5. The van der Waals surface area contributed by atoms with Crippen molar-refractivity contribution in [2.45, 2.75) is 33.2 Å². The SMILES string of the molecule is CCn1nc(C)c(Cl)c1CC(=O)CCOC. The van der Waals surface area contributed by atoms with Crippen molar-refractivity contribution in [2.75, 3.05) is 13.7 Å². The van der Waals surface area contributed by atoms with E-state index in [2.05, 4.69) is 5.10 Å². The van der Waals surface area contributed by atoms with Gasteiger partial charge in [-0.25, -0.2) is 0 Å². The van der Waals surface area contributed by atoms with Crippen molar-refractivity contribution in [1.82, 2.24) is 9.78 Å². The Morgan fingerprint density at radius 1 is 1.56 bits per heavy atom. The van der Waals surface area contributed by atoms with E-state index >= 15 is 0 Å². The number of aryl methyl sites for hydroxylation is 2. The highest BCUT2D eigenvalue weighted by Crippen LogP contribution is 2.21. The Morgan fingerprint density at radius 3 is 2.81 bits per heavy atom. The highest BCUT2D eigenvalue weighted by Gasteiger charge is 2.15. The first kappa shape index (κ1) is 13.2. The number of Topliss-reactive ketones (excluding diaryl/α,β-unsaturated/α-hetero) is 1. The van der Waals surface area contributed by atoms with E-state index in [-0.39, 0.29) is 5.78 Å². The van der Waals surface area contributed by atoms with Gasteiger partial charge >= 0.3 is 0 Å². The Bertz CT molecular complexity index is 374. The molecule has 1 aromatic rings. The standard InChI is InChI=1S/C11H17ClN2O2/c1-4-14-10(11(12)8(2)13-14)7-9(15)5-6-16-3/h4-7H2,1-3H3. The molecule has 0 saturated heterocycles. The molecule has 4 nitrogen and oxygen atoms in total. The molecule has 1 aromatic heterocycles. The second-order valence-corrected chi connectivity index (χ2v) is 4.00. The van der Waals surface area contributed by atoms with Crippen LogP contribution < -0.4 is 0 Å². The van der Waals surface area contributed by atoms with Crippen LogP contribution in [0.1, 0.15) is 24.7 Å². The highest BCUT2D eigenvalue weighted by molar-refractivity contribution is 6.32. The van der Waals surface area contributed by atoms with E-state index in [1.54, 1.807) is 11.8 Å². The largest absolute Gasteiger partial charge is 0.384 e. The molecule has 5 heteroatoms. The number of aromatic nitrogens is 2. The van der Waals surface area contributed by atoms with Crippen LogP contribution >= 0.6 is 11.6 Å². The van der Waals surface area contributed by atoms with Crippen LogP contribution in [-0.2, 0) is 22.5 Å². The van der Waals surface area contributed by atoms with Crippen LogP contribution in [0.2, 0.25) is 5.02 Å². The summed E-state index contributed by atoms with van der Waals surface area (Å²) in [6.07, 6.45) is 0.748. The molecule has 0 atom stereocenters. The number of hydrogen-bond donors (Lipinski definition) is 0. The van der Waals surface area contributed by atoms with Gasteiger partial charge in [0.1, 0.15) is 5.78 Å². The number of ether oxygens (including phenoxy) is 1. The Labute approximate surface area is 101 Å². The van der Waals surface area contributed by atoms with Gasteiger partial charge in [0, 0.05) is 26.5 Å². The van der Waals surface area contributed by atoms with E-state index in [4.69, 9.17) is 16.3 Å². The lowest BCUT2D eigenvalue weighted by molar-refractivity contribution is -0.119. The molecule has 1 rings (SSSR count). The van der Waals surface area contributed by atoms with Crippen molar-refractivity contribution >= 4 is 17.4 Å². The fourth-order valence-electron chi connectivity index (χ4n) is 1.53. The molecule has 16 heavy (non-hydrogen) atoms. The molecule has 0 aromatic carbocycles. The third-order valence-electron chi connectivity index (χ3n) is 2.40. The fraction of sp³-hybridized carbons (Fsp3) is 0.636. The molecular formula is C11H17ClN2O2. The normalized spacial score (nSPS) is 10.8. The Hall–Kier alpha value is -0.870. The summed E-state index contributed by atoms with van der Waals surface area (Å²) in [4.78, 5) is 11.6. The minimum atomic E-state index is 0.123. The zero-order valence-electron chi connectivity index (χ0n) is 9.92. The van der Waals surface area contributed by atoms with E-state index in [9.17, 15) is 4.79 Å². The summed E-state index contributed by atoms with van der Waals surface area (Å²) >= 11 is 6.10. The lowest BCUT2D eigenvalue weighted by Gasteiger charge is -2.04. The van der Waals surface area contributed by atoms with Gasteiger partial charge in [0.25, 0.3) is 0 Å². The maximum atomic E-state index is 11.6. The number of hydrogen-bond acceptors (Lipinski definition) is 3. The molecule has 0 N–H and O–H groups in total. The van der Waals surface area contributed by atoms with Crippen LogP contribution in [0.25, 0.3) is 0 Å². The number of rotatable bonds is 6. The van der Waals surface area contributed by atoms with Gasteiger partial charge in [-0.15, -0.1) is 0 Å². The minimum absolute atomic E-state index is 0.123. The predicted molar refractivity (Wildman–Crippen MR) is 62.9 cm³/mol. The van der Waals surface area contributed by atoms with E-state index < -0.39 is 0 Å². The molecule has 1 heterocycles. The van der Waals surface area contributed by atoms with E-state index in [0.29, 0.717) is 24.5 Å². The lowest BCUT2D eigenvalue weighted by Crippen LogP contribution is -2.11. The molecule has 90 valence electrons. The van der Waals surface area contributed by atoms with Crippen LogP contribution in [0.3, 0.4) is 0 Å². The second kappa shape index (κ2) is 6.01. The first-order valence-electron chi connectivity index (χ1n) is 5.32. The van der Waals surface area contributed by atoms with Crippen molar-refractivity contribution in [3.63, 3.8) is 0 Å². The number of ketones is 1. The predicted octanol–water partition coefficient (Wildman–Crippen LogP) is 2.01. The van der Waals surface area contributed by atoms with Crippen molar-refractivity contribution in [3.05, 3.63) is 16.4 Å². The van der Waals surface area contributed by atoms with Gasteiger partial charge in [-0.05, 0) is 13.8 Å². The van der Waals surface area contributed by atoms with Crippen LogP contribution in [0.15, 0.2) is 0 Å². The molecule has 0 aliphatic carbocycles. The molecule has 0 radical (unpaired) electrons. The van der Waals surface area contributed by atoms with Crippen molar-refractivity contribution in [2.24, 2.45) is 0 Å². The third kappa shape index (κ3) is 3.06. The maximum Gasteiger partial charge on any atom is 0.141 e. The van der Waals surface area contributed by atoms with Gasteiger partial charge in [-0.2, -0.15) is 5.10 Å². The lowest BCUT2D eigenvalue weighted by atomic mass is 10.1. The summed E-state index contributed by atoms with van der Waals surface area (Å²) in [7, 11) is 1.58. The van der Waals surface area contributed by atoms with Gasteiger partial charge in [-0.1, -0.05) is 11.6 Å². The Morgan fingerprint density at radius 2 is 2.25 bits per heavy atom. The molecule has 0 fully saturated rings. The monoisotopic (exact) mass is 244 g/mol. The quantitative estimate of drug-likeness (QED) is 0.769. The van der Waals surface area contributed by atoms with Crippen LogP contribution in [0.4, 0.5) is 0 Å². The molecule has 0 spiro atoms. The average Bonchev–Trinajstić information content (AvgIpc) is 2.54. The van der Waals surface area contributed by atoms with Crippen molar-refractivity contribution in [3.8, 4) is 0 Å². The summed E-state index contributed by atoms with van der Waals surface area (Å²) < 4.78 is 6.65. The summed E-state index contributed by atoms with van der Waals surface area (Å²) in [5.41, 5.74) is 1.58. The number of halogens is 1. The summed E-state index contributed by atoms with van der Waals surface area (Å²) in [5.74, 6) is 0.123. The fourth-order valence-corrected chi connectivity index (χ4v) is 1.73. The molecular weight excluding hydrogens is 228 g/mol. The van der Waals surface area contributed by atoms with E-state index in [1.807, 2.05) is 13.8 Å².